The van der Waals surface area contributed by atoms with Gasteiger partial charge in [-0.3, -0.25) is 14.4 Å². The smallest absolute Gasteiger partial charge is 0.338 e. The number of rotatable bonds is 6. The molecule has 2 aromatic rings. The van der Waals surface area contributed by atoms with Crippen molar-refractivity contribution in [1.29, 1.82) is 0 Å². The number of nitrogens with zero attached hydrogens (tertiary/aromatic N) is 1. The molecule has 1 saturated heterocycles. The molecule has 7 heteroatoms. The molecule has 5 rings (SSSR count). The lowest BCUT2D eigenvalue weighted by Gasteiger charge is -2.18. The molecule has 2 fully saturated rings. The van der Waals surface area contributed by atoms with E-state index in [-0.39, 0.29) is 46.8 Å². The first-order valence-electron chi connectivity index (χ1n) is 10.5. The van der Waals surface area contributed by atoms with Gasteiger partial charge in [0.1, 0.15) is 5.75 Å². The summed E-state index contributed by atoms with van der Waals surface area (Å²) in [5.74, 6) is -1.24. The van der Waals surface area contributed by atoms with Gasteiger partial charge in [-0.05, 0) is 60.7 Å². The van der Waals surface area contributed by atoms with E-state index in [2.05, 4.69) is 0 Å². The first kappa shape index (κ1) is 20.2. The van der Waals surface area contributed by atoms with Crippen LogP contribution in [-0.4, -0.2) is 37.3 Å². The molecule has 2 amide bonds. The molecule has 1 heterocycles. The van der Waals surface area contributed by atoms with E-state index in [9.17, 15) is 19.2 Å². The van der Waals surface area contributed by atoms with Crippen molar-refractivity contribution >= 4 is 29.3 Å². The minimum atomic E-state index is -0.699. The summed E-state index contributed by atoms with van der Waals surface area (Å²) in [4.78, 5) is 52.0. The molecule has 2 aliphatic carbocycles. The van der Waals surface area contributed by atoms with Gasteiger partial charge in [-0.2, -0.15) is 0 Å². The molecule has 1 aliphatic heterocycles. The lowest BCUT2D eigenvalue weighted by molar-refractivity contribution is -0.123. The Hall–Kier alpha value is -3.74. The third-order valence-electron chi connectivity index (χ3n) is 6.56. The van der Waals surface area contributed by atoms with E-state index < -0.39 is 12.6 Å². The standard InChI is InChI=1S/C25H21NO6/c1-31-19-9-7-14(8-10-19)20(27)13-32-25(30)17-3-2-4-18(12-17)26-23(28)21-15-5-6-16(11-15)22(21)24(26)29/h2-10,12,15-16,21-22H,11,13H2,1H3/t15-,16+,21-,22-/m0/s1. The molecular formula is C25H21NO6. The number of esters is 1. The zero-order chi connectivity index (χ0) is 22.4. The van der Waals surface area contributed by atoms with Gasteiger partial charge in [-0.1, -0.05) is 18.2 Å². The molecule has 162 valence electrons. The number of fused-ring (bicyclic) bond motifs is 5. The third-order valence-corrected chi connectivity index (χ3v) is 6.56. The van der Waals surface area contributed by atoms with E-state index >= 15 is 0 Å². The highest BCUT2D eigenvalue weighted by Gasteiger charge is 2.59. The number of imide groups is 1. The predicted octanol–water partition coefficient (Wildman–Crippen LogP) is 3.05. The number of benzene rings is 2. The van der Waals surface area contributed by atoms with Gasteiger partial charge in [0.25, 0.3) is 0 Å². The number of carbonyl (C=O) groups excluding carboxylic acids is 4. The highest BCUT2D eigenvalue weighted by molar-refractivity contribution is 6.23. The Kier molecular flexibility index (Phi) is 4.89. The normalized spacial score (nSPS) is 25.2. The summed E-state index contributed by atoms with van der Waals surface area (Å²) in [6.07, 6.45) is 4.93. The summed E-state index contributed by atoms with van der Waals surface area (Å²) in [5, 5.41) is 0. The van der Waals surface area contributed by atoms with Crippen LogP contribution in [0.2, 0.25) is 0 Å². The summed E-state index contributed by atoms with van der Waals surface area (Å²) in [6.45, 7) is -0.420. The summed E-state index contributed by atoms with van der Waals surface area (Å²) >= 11 is 0. The second kappa shape index (κ2) is 7.75. The molecule has 4 atom stereocenters. The summed E-state index contributed by atoms with van der Waals surface area (Å²) < 4.78 is 10.2. The lowest BCUT2D eigenvalue weighted by atomic mass is 9.85. The van der Waals surface area contributed by atoms with Crippen LogP contribution in [0.5, 0.6) is 5.75 Å². The van der Waals surface area contributed by atoms with Crippen molar-refractivity contribution < 1.29 is 28.7 Å². The first-order valence-corrected chi connectivity index (χ1v) is 10.5. The first-order chi connectivity index (χ1) is 15.5. The average molecular weight is 431 g/mol. The van der Waals surface area contributed by atoms with E-state index in [4.69, 9.17) is 9.47 Å². The van der Waals surface area contributed by atoms with Crippen LogP contribution in [0.4, 0.5) is 5.69 Å². The van der Waals surface area contributed by atoms with E-state index in [1.807, 2.05) is 12.2 Å². The van der Waals surface area contributed by atoms with Gasteiger partial charge in [-0.25, -0.2) is 9.69 Å². The van der Waals surface area contributed by atoms with Crippen LogP contribution in [0.25, 0.3) is 0 Å². The van der Waals surface area contributed by atoms with Crippen LogP contribution in [0, 0.1) is 23.7 Å². The van der Waals surface area contributed by atoms with E-state index in [1.165, 1.54) is 24.1 Å². The van der Waals surface area contributed by atoms with Crippen LogP contribution in [0.1, 0.15) is 27.1 Å². The number of methoxy groups -OCH3 is 1. The van der Waals surface area contributed by atoms with E-state index in [0.29, 0.717) is 17.0 Å². The van der Waals surface area contributed by atoms with Crippen molar-refractivity contribution in [3.63, 3.8) is 0 Å². The fraction of sp³-hybridized carbons (Fsp3) is 0.280. The number of hydrogen-bond acceptors (Lipinski definition) is 6. The quantitative estimate of drug-likeness (QED) is 0.302. The minimum absolute atomic E-state index is 0.114. The Balaban J connectivity index is 1.28. The zero-order valence-corrected chi connectivity index (χ0v) is 17.4. The topological polar surface area (TPSA) is 90.0 Å². The number of hydrogen-bond donors (Lipinski definition) is 0. The second-order valence-electron chi connectivity index (χ2n) is 8.29. The molecule has 3 aliphatic rings. The molecule has 0 radical (unpaired) electrons. The van der Waals surface area contributed by atoms with Gasteiger partial charge in [0.15, 0.2) is 12.4 Å². The number of amides is 2. The van der Waals surface area contributed by atoms with Gasteiger partial charge >= 0.3 is 5.97 Å². The number of anilines is 1. The van der Waals surface area contributed by atoms with Crippen LogP contribution in [-0.2, 0) is 14.3 Å². The largest absolute Gasteiger partial charge is 0.497 e. The molecule has 2 aromatic carbocycles. The Labute approximate surface area is 184 Å². The fourth-order valence-corrected chi connectivity index (χ4v) is 5.00. The Morgan fingerprint density at radius 3 is 2.22 bits per heavy atom. The van der Waals surface area contributed by atoms with Crippen molar-refractivity contribution in [2.24, 2.45) is 23.7 Å². The van der Waals surface area contributed by atoms with Gasteiger partial charge in [0, 0.05) is 5.56 Å². The number of Topliss-reactive ketones (excluding diaryl/α,β-unsaturated/α-hetero) is 1. The van der Waals surface area contributed by atoms with Gasteiger partial charge < -0.3 is 9.47 Å². The van der Waals surface area contributed by atoms with Gasteiger partial charge in [0.05, 0.1) is 30.2 Å². The Bertz CT molecular complexity index is 1120. The molecule has 0 N–H and O–H groups in total. The maximum atomic E-state index is 13.0. The Morgan fingerprint density at radius 2 is 1.59 bits per heavy atom. The molecule has 1 saturated carbocycles. The zero-order valence-electron chi connectivity index (χ0n) is 17.4. The molecule has 0 unspecified atom stereocenters. The monoisotopic (exact) mass is 431 g/mol. The fourth-order valence-electron chi connectivity index (χ4n) is 5.00. The molecular weight excluding hydrogens is 410 g/mol. The minimum Gasteiger partial charge on any atom is -0.497 e. The summed E-state index contributed by atoms with van der Waals surface area (Å²) in [6, 6.07) is 12.7. The van der Waals surface area contributed by atoms with Crippen LogP contribution >= 0.6 is 0 Å². The molecule has 0 spiro atoms. The third kappa shape index (κ3) is 3.21. The van der Waals surface area contributed by atoms with Crippen molar-refractivity contribution in [3.8, 4) is 5.75 Å². The maximum absolute atomic E-state index is 13.0. The van der Waals surface area contributed by atoms with Crippen LogP contribution < -0.4 is 9.64 Å². The summed E-state index contributed by atoms with van der Waals surface area (Å²) in [5.41, 5.74) is 0.920. The Morgan fingerprint density at radius 1 is 0.938 bits per heavy atom. The predicted molar refractivity (Wildman–Crippen MR) is 114 cm³/mol. The van der Waals surface area contributed by atoms with Crippen LogP contribution in [0.3, 0.4) is 0 Å². The number of carbonyl (C=O) groups is 4. The van der Waals surface area contributed by atoms with Gasteiger partial charge in [0.2, 0.25) is 11.8 Å². The molecule has 7 nitrogen and oxygen atoms in total. The second-order valence-corrected chi connectivity index (χ2v) is 8.29. The van der Waals surface area contributed by atoms with Crippen LogP contribution in [0.15, 0.2) is 60.7 Å². The van der Waals surface area contributed by atoms with Crippen molar-refractivity contribution in [3.05, 3.63) is 71.8 Å². The maximum Gasteiger partial charge on any atom is 0.338 e. The van der Waals surface area contributed by atoms with Crippen molar-refractivity contribution in [2.75, 3.05) is 18.6 Å². The number of allylic oxidation sites excluding steroid dienone is 2. The molecule has 32 heavy (non-hydrogen) atoms. The average Bonchev–Trinajstić information content (AvgIpc) is 3.51. The van der Waals surface area contributed by atoms with E-state index in [0.717, 1.165) is 6.42 Å². The highest BCUT2D eigenvalue weighted by Crippen LogP contribution is 2.53. The highest BCUT2D eigenvalue weighted by atomic mass is 16.5. The molecule has 2 bridgehead atoms. The van der Waals surface area contributed by atoms with Gasteiger partial charge in [-0.15, -0.1) is 0 Å². The summed E-state index contributed by atoms with van der Waals surface area (Å²) in [7, 11) is 1.53. The number of ketones is 1. The van der Waals surface area contributed by atoms with Crippen molar-refractivity contribution in [1.82, 2.24) is 0 Å². The lowest BCUT2D eigenvalue weighted by Crippen LogP contribution is -2.33. The van der Waals surface area contributed by atoms with E-state index in [1.54, 1.807) is 36.4 Å². The molecule has 0 aromatic heterocycles. The van der Waals surface area contributed by atoms with Crippen molar-refractivity contribution in [2.45, 2.75) is 6.42 Å². The SMILES string of the molecule is COc1ccc(C(=O)COC(=O)c2cccc(N3C(=O)[C@@H]4[C@@H](C3=O)[C@H]3C=C[C@@H]4C3)c2)cc1. The number of ether oxygens (including phenoxy) is 2.